The minimum Gasteiger partial charge on any atom is -0.396 e. The number of hydrogen-bond donors (Lipinski definition) is 2. The summed E-state index contributed by atoms with van der Waals surface area (Å²) in [5.74, 6) is -0.0481. The average Bonchev–Trinajstić information content (AvgIpc) is 3.15. The maximum absolute atomic E-state index is 13.1. The van der Waals surface area contributed by atoms with Crippen molar-refractivity contribution in [2.75, 3.05) is 44.9 Å². The lowest BCUT2D eigenvalue weighted by atomic mass is 9.74. The van der Waals surface area contributed by atoms with Crippen molar-refractivity contribution < 1.29 is 24.5 Å². The molecule has 0 aliphatic carbocycles. The van der Waals surface area contributed by atoms with E-state index in [2.05, 4.69) is 0 Å². The van der Waals surface area contributed by atoms with E-state index in [1.54, 1.807) is 35.1 Å². The molecule has 2 aliphatic rings. The maximum atomic E-state index is 13.1. The molecule has 0 radical (unpaired) electrons. The molecule has 3 rings (SSSR count). The van der Waals surface area contributed by atoms with Gasteiger partial charge in [-0.15, -0.1) is 0 Å². The van der Waals surface area contributed by atoms with Gasteiger partial charge in [-0.3, -0.25) is 9.59 Å². The van der Waals surface area contributed by atoms with E-state index >= 15 is 0 Å². The number of likely N-dealkylation sites (tertiary alicyclic amines) is 1. The Bertz CT molecular complexity index is 710. The number of ether oxygens (including phenoxy) is 1. The summed E-state index contributed by atoms with van der Waals surface area (Å²) < 4.78 is 5.10. The van der Waals surface area contributed by atoms with Gasteiger partial charge in [-0.2, -0.15) is 0 Å². The first kappa shape index (κ1) is 20.8. The third-order valence-electron chi connectivity index (χ3n) is 5.99. The molecular formula is C21H30N2O5. The van der Waals surface area contributed by atoms with Crippen LogP contribution in [0.5, 0.6) is 0 Å². The van der Waals surface area contributed by atoms with Gasteiger partial charge in [-0.1, -0.05) is 6.07 Å². The lowest BCUT2D eigenvalue weighted by molar-refractivity contribution is -0.117. The number of piperidine rings is 1. The Morgan fingerprint density at radius 3 is 2.86 bits per heavy atom. The second kappa shape index (κ2) is 9.03. The van der Waals surface area contributed by atoms with Crippen LogP contribution in [0.15, 0.2) is 24.3 Å². The molecule has 0 unspecified atom stereocenters. The number of amides is 2. The average molecular weight is 390 g/mol. The van der Waals surface area contributed by atoms with Crippen LogP contribution in [0.25, 0.3) is 0 Å². The van der Waals surface area contributed by atoms with Gasteiger partial charge in [-0.05, 0) is 43.9 Å². The first-order valence-corrected chi connectivity index (χ1v) is 9.98. The molecule has 2 aliphatic heterocycles. The fraction of sp³-hybridized carbons (Fsp3) is 0.619. The van der Waals surface area contributed by atoms with Gasteiger partial charge in [0.05, 0.1) is 12.7 Å². The van der Waals surface area contributed by atoms with Gasteiger partial charge in [-0.25, -0.2) is 0 Å². The molecule has 154 valence electrons. The molecular weight excluding hydrogens is 360 g/mol. The third kappa shape index (κ3) is 4.21. The highest BCUT2D eigenvalue weighted by atomic mass is 16.5. The van der Waals surface area contributed by atoms with Crippen LogP contribution in [-0.2, 0) is 9.53 Å². The Morgan fingerprint density at radius 1 is 1.36 bits per heavy atom. The number of rotatable bonds is 7. The van der Waals surface area contributed by atoms with Crippen molar-refractivity contribution in [2.45, 2.75) is 38.2 Å². The molecule has 1 aromatic carbocycles. The molecule has 28 heavy (non-hydrogen) atoms. The van der Waals surface area contributed by atoms with E-state index in [1.807, 2.05) is 6.07 Å². The molecule has 0 aromatic heterocycles. The topological polar surface area (TPSA) is 90.3 Å². The predicted molar refractivity (Wildman–Crippen MR) is 105 cm³/mol. The lowest BCUT2D eigenvalue weighted by Gasteiger charge is -2.45. The molecule has 2 fully saturated rings. The molecule has 0 bridgehead atoms. The van der Waals surface area contributed by atoms with E-state index in [9.17, 15) is 19.8 Å². The quantitative estimate of drug-likeness (QED) is 0.688. The number of benzene rings is 1. The van der Waals surface area contributed by atoms with E-state index in [0.29, 0.717) is 57.5 Å². The Labute approximate surface area is 165 Å². The van der Waals surface area contributed by atoms with Crippen LogP contribution < -0.4 is 4.90 Å². The zero-order valence-corrected chi connectivity index (χ0v) is 16.5. The van der Waals surface area contributed by atoms with E-state index in [1.165, 1.54) is 0 Å². The summed E-state index contributed by atoms with van der Waals surface area (Å²) in [6.07, 6.45) is 2.47. The molecule has 2 atom stereocenters. The fourth-order valence-corrected chi connectivity index (χ4v) is 4.28. The summed E-state index contributed by atoms with van der Waals surface area (Å²) in [7, 11) is 1.62. The van der Waals surface area contributed by atoms with Crippen LogP contribution in [0.3, 0.4) is 0 Å². The zero-order valence-electron chi connectivity index (χ0n) is 16.5. The minimum atomic E-state index is -0.727. The summed E-state index contributed by atoms with van der Waals surface area (Å²) in [6, 6.07) is 7.17. The first-order chi connectivity index (χ1) is 13.5. The standard InChI is InChI=1S/C21H30N2O5/c1-28-12-4-9-21(15-24)14-22(11-8-18(21)25)20(27)16-5-2-6-17(13-16)23-10-3-7-19(23)26/h2,5-6,13,18,24-25H,3-4,7-12,14-15H2,1H3/t18-,21+/m1/s1. The molecule has 0 saturated carbocycles. The largest absolute Gasteiger partial charge is 0.396 e. The fourth-order valence-electron chi connectivity index (χ4n) is 4.28. The van der Waals surface area contributed by atoms with Crippen LogP contribution in [-0.4, -0.2) is 73.0 Å². The highest BCUT2D eigenvalue weighted by Crippen LogP contribution is 2.35. The van der Waals surface area contributed by atoms with E-state index in [-0.39, 0.29) is 18.4 Å². The molecule has 2 saturated heterocycles. The van der Waals surface area contributed by atoms with Gasteiger partial charge in [0.25, 0.3) is 5.91 Å². The number of carbonyl (C=O) groups excluding carboxylic acids is 2. The molecule has 2 amide bonds. The van der Waals surface area contributed by atoms with Crippen LogP contribution in [0.4, 0.5) is 5.69 Å². The lowest BCUT2D eigenvalue weighted by Crippen LogP contribution is -2.55. The number of aliphatic hydroxyl groups is 2. The summed E-state index contributed by atoms with van der Waals surface area (Å²) in [4.78, 5) is 28.6. The van der Waals surface area contributed by atoms with Crippen LogP contribution >= 0.6 is 0 Å². The van der Waals surface area contributed by atoms with E-state index < -0.39 is 11.5 Å². The van der Waals surface area contributed by atoms with Crippen molar-refractivity contribution in [3.8, 4) is 0 Å². The minimum absolute atomic E-state index is 0.0862. The Balaban J connectivity index is 1.75. The molecule has 7 nitrogen and oxygen atoms in total. The number of carbonyl (C=O) groups is 2. The number of nitrogens with zero attached hydrogens (tertiary/aromatic N) is 2. The van der Waals surface area contributed by atoms with E-state index in [0.717, 1.165) is 12.1 Å². The van der Waals surface area contributed by atoms with Crippen molar-refractivity contribution in [3.63, 3.8) is 0 Å². The monoisotopic (exact) mass is 390 g/mol. The second-order valence-corrected chi connectivity index (χ2v) is 7.85. The summed E-state index contributed by atoms with van der Waals surface area (Å²) in [6.45, 7) is 1.80. The van der Waals surface area contributed by atoms with Crippen molar-refractivity contribution >= 4 is 17.5 Å². The molecule has 1 aromatic rings. The van der Waals surface area contributed by atoms with Crippen molar-refractivity contribution in [1.29, 1.82) is 0 Å². The Morgan fingerprint density at radius 2 is 2.18 bits per heavy atom. The molecule has 2 heterocycles. The van der Waals surface area contributed by atoms with E-state index in [4.69, 9.17) is 4.74 Å². The first-order valence-electron chi connectivity index (χ1n) is 9.98. The normalized spacial score (nSPS) is 25.4. The zero-order chi connectivity index (χ0) is 20.1. The van der Waals surface area contributed by atoms with Gasteiger partial charge in [0, 0.05) is 56.4 Å². The number of anilines is 1. The number of hydrogen-bond acceptors (Lipinski definition) is 5. The van der Waals surface area contributed by atoms with Gasteiger partial charge in [0.1, 0.15) is 0 Å². The predicted octanol–water partition coefficient (Wildman–Crippen LogP) is 1.43. The van der Waals surface area contributed by atoms with Crippen molar-refractivity contribution in [3.05, 3.63) is 29.8 Å². The molecule has 7 heteroatoms. The highest BCUT2D eigenvalue weighted by Gasteiger charge is 2.43. The van der Waals surface area contributed by atoms with Gasteiger partial charge >= 0.3 is 0 Å². The summed E-state index contributed by atoms with van der Waals surface area (Å²) in [5, 5.41) is 20.5. The van der Waals surface area contributed by atoms with Crippen molar-refractivity contribution in [2.24, 2.45) is 5.41 Å². The van der Waals surface area contributed by atoms with Crippen LogP contribution in [0.2, 0.25) is 0 Å². The van der Waals surface area contributed by atoms with Crippen molar-refractivity contribution in [1.82, 2.24) is 4.90 Å². The Hall–Kier alpha value is -1.96. The van der Waals surface area contributed by atoms with Gasteiger partial charge in [0.2, 0.25) is 5.91 Å². The van der Waals surface area contributed by atoms with Crippen LogP contribution in [0.1, 0.15) is 42.5 Å². The Kier molecular flexibility index (Phi) is 6.69. The van der Waals surface area contributed by atoms with Gasteiger partial charge in [0.15, 0.2) is 0 Å². The third-order valence-corrected chi connectivity index (χ3v) is 5.99. The molecule has 0 spiro atoms. The second-order valence-electron chi connectivity index (χ2n) is 7.85. The van der Waals surface area contributed by atoms with Crippen LogP contribution in [0, 0.1) is 5.41 Å². The SMILES string of the molecule is COCCC[C@@]1(CO)CN(C(=O)c2cccc(N3CCCC3=O)c2)CC[C@H]1O. The smallest absolute Gasteiger partial charge is 0.253 e. The number of aliphatic hydroxyl groups excluding tert-OH is 2. The maximum Gasteiger partial charge on any atom is 0.253 e. The number of methoxy groups -OCH3 is 1. The molecule has 2 N–H and O–H groups in total. The summed E-state index contributed by atoms with van der Waals surface area (Å²) >= 11 is 0. The highest BCUT2D eigenvalue weighted by molar-refractivity contribution is 5.99. The van der Waals surface area contributed by atoms with Gasteiger partial charge < -0.3 is 24.7 Å². The summed E-state index contributed by atoms with van der Waals surface area (Å²) in [5.41, 5.74) is 0.547.